The first-order valence-corrected chi connectivity index (χ1v) is 11.2. The van der Waals surface area contributed by atoms with Gasteiger partial charge in [0.2, 0.25) is 0 Å². The molecule has 2 N–H and O–H groups in total. The number of nitrogens with two attached hydrogens (primary N) is 1. The molecular formula is C22H28Cl2N4O3. The van der Waals surface area contributed by atoms with Crippen LogP contribution < -0.4 is 20.9 Å². The van der Waals surface area contributed by atoms with Crippen molar-refractivity contribution in [3.05, 3.63) is 43.9 Å². The minimum absolute atomic E-state index is 0.0151. The maximum atomic E-state index is 13.3. The van der Waals surface area contributed by atoms with E-state index in [2.05, 4.69) is 4.90 Å². The van der Waals surface area contributed by atoms with Gasteiger partial charge in [-0.15, -0.1) is 0 Å². The highest BCUT2D eigenvalue weighted by Crippen LogP contribution is 2.42. The average molecular weight is 467 g/mol. The van der Waals surface area contributed by atoms with Gasteiger partial charge in [-0.25, -0.2) is 4.98 Å². The minimum atomic E-state index is -0.166. The van der Waals surface area contributed by atoms with Gasteiger partial charge in [-0.3, -0.25) is 9.36 Å². The summed E-state index contributed by atoms with van der Waals surface area (Å²) >= 11 is 12.8. The van der Waals surface area contributed by atoms with Gasteiger partial charge in [-0.1, -0.05) is 23.2 Å². The summed E-state index contributed by atoms with van der Waals surface area (Å²) < 4.78 is 12.5. The van der Waals surface area contributed by atoms with Crippen LogP contribution in [-0.2, 0) is 4.74 Å². The third kappa shape index (κ3) is 3.61. The van der Waals surface area contributed by atoms with Crippen molar-refractivity contribution in [2.45, 2.75) is 45.8 Å². The smallest absolute Gasteiger partial charge is 0.263 e. The fraction of sp³-hybridized carbons (Fsp3) is 0.545. The minimum Gasteiger partial charge on any atom is -0.495 e. The Kier molecular flexibility index (Phi) is 5.98. The highest BCUT2D eigenvalue weighted by atomic mass is 35.5. The van der Waals surface area contributed by atoms with Crippen molar-refractivity contribution in [3.63, 3.8) is 0 Å². The Balaban J connectivity index is 1.66. The molecule has 1 aromatic carbocycles. The molecule has 0 radical (unpaired) electrons. The Morgan fingerprint density at radius 2 is 1.90 bits per heavy atom. The van der Waals surface area contributed by atoms with Crippen LogP contribution in [0.4, 0.5) is 5.82 Å². The van der Waals surface area contributed by atoms with Crippen molar-refractivity contribution in [1.29, 1.82) is 0 Å². The number of benzene rings is 1. The summed E-state index contributed by atoms with van der Waals surface area (Å²) in [6, 6.07) is 3.45. The first-order valence-electron chi connectivity index (χ1n) is 10.4. The van der Waals surface area contributed by atoms with Gasteiger partial charge in [-0.2, -0.15) is 0 Å². The molecule has 31 heavy (non-hydrogen) atoms. The molecule has 2 saturated heterocycles. The normalized spacial score (nSPS) is 22.9. The molecule has 1 aromatic heterocycles. The van der Waals surface area contributed by atoms with E-state index in [1.807, 2.05) is 6.92 Å². The lowest BCUT2D eigenvalue weighted by molar-refractivity contribution is 0.0974. The largest absolute Gasteiger partial charge is 0.495 e. The predicted molar refractivity (Wildman–Crippen MR) is 123 cm³/mol. The van der Waals surface area contributed by atoms with Crippen molar-refractivity contribution < 1.29 is 9.47 Å². The fourth-order valence-corrected chi connectivity index (χ4v) is 5.26. The summed E-state index contributed by atoms with van der Waals surface area (Å²) in [6.45, 7) is 7.92. The lowest BCUT2D eigenvalue weighted by Gasteiger charge is -2.42. The van der Waals surface area contributed by atoms with Gasteiger partial charge in [0.05, 0.1) is 36.1 Å². The molecule has 4 rings (SSSR count). The van der Waals surface area contributed by atoms with Crippen molar-refractivity contribution in [3.8, 4) is 11.4 Å². The first-order chi connectivity index (χ1) is 14.7. The maximum absolute atomic E-state index is 13.3. The molecule has 7 nitrogen and oxygen atoms in total. The zero-order valence-electron chi connectivity index (χ0n) is 18.2. The number of aromatic nitrogens is 2. The topological polar surface area (TPSA) is 82.6 Å². The Morgan fingerprint density at radius 3 is 2.48 bits per heavy atom. The fourth-order valence-electron chi connectivity index (χ4n) is 4.78. The standard InChI is InChI=1S/C22H28Cl2N4O3/c1-12-20(27-9-7-22(8-10-27)11-31-13(2)19(22)25)26-14(3)28(21(12)29)15-5-6-16(30-4)18(24)17(15)23/h5-6,13,19H,7-11,25H2,1-4H3/t13-,19+/m0/s1. The summed E-state index contributed by atoms with van der Waals surface area (Å²) in [5, 5.41) is 0.518. The summed E-state index contributed by atoms with van der Waals surface area (Å²) in [4.78, 5) is 20.3. The molecular weight excluding hydrogens is 439 g/mol. The van der Waals surface area contributed by atoms with E-state index in [-0.39, 0.29) is 33.2 Å². The summed E-state index contributed by atoms with van der Waals surface area (Å²) in [6.07, 6.45) is 1.92. The quantitative estimate of drug-likeness (QED) is 0.744. The molecule has 0 saturated carbocycles. The lowest BCUT2D eigenvalue weighted by atomic mass is 9.73. The number of hydrogen-bond donors (Lipinski definition) is 1. The molecule has 2 aromatic rings. The number of halogens is 2. The molecule has 0 aliphatic carbocycles. The van der Waals surface area contributed by atoms with Crippen molar-refractivity contribution in [2.75, 3.05) is 31.7 Å². The summed E-state index contributed by atoms with van der Waals surface area (Å²) in [7, 11) is 1.52. The van der Waals surface area contributed by atoms with E-state index in [9.17, 15) is 4.79 Å². The van der Waals surface area contributed by atoms with Gasteiger partial charge in [0, 0.05) is 24.5 Å². The number of methoxy groups -OCH3 is 1. The SMILES string of the molecule is COc1ccc(-n2c(C)nc(N3CCC4(CC3)CO[C@@H](C)[C@H]4N)c(C)c2=O)c(Cl)c1Cl. The van der Waals surface area contributed by atoms with Crippen LogP contribution in [0.25, 0.3) is 5.69 Å². The van der Waals surface area contributed by atoms with Crippen molar-refractivity contribution >= 4 is 29.0 Å². The lowest BCUT2D eigenvalue weighted by Crippen LogP contribution is -2.51. The molecule has 3 heterocycles. The van der Waals surface area contributed by atoms with Gasteiger partial charge < -0.3 is 20.1 Å². The number of nitrogens with zero attached hydrogens (tertiary/aromatic N) is 3. The monoisotopic (exact) mass is 466 g/mol. The van der Waals surface area contributed by atoms with Gasteiger partial charge in [0.15, 0.2) is 0 Å². The Morgan fingerprint density at radius 1 is 1.23 bits per heavy atom. The van der Waals surface area contributed by atoms with E-state index in [4.69, 9.17) is 43.4 Å². The highest BCUT2D eigenvalue weighted by Gasteiger charge is 2.47. The Hall–Kier alpha value is -1.80. The van der Waals surface area contributed by atoms with E-state index in [0.29, 0.717) is 35.2 Å². The van der Waals surface area contributed by atoms with Crippen LogP contribution in [0.1, 0.15) is 31.2 Å². The van der Waals surface area contributed by atoms with E-state index in [0.717, 1.165) is 25.9 Å². The molecule has 0 unspecified atom stereocenters. The molecule has 1 spiro atoms. The van der Waals surface area contributed by atoms with Crippen molar-refractivity contribution in [2.24, 2.45) is 11.1 Å². The maximum Gasteiger partial charge on any atom is 0.263 e. The van der Waals surface area contributed by atoms with Crippen LogP contribution in [0.3, 0.4) is 0 Å². The van der Waals surface area contributed by atoms with Gasteiger partial charge in [-0.05, 0) is 45.7 Å². The molecule has 0 amide bonds. The third-order valence-corrected chi connectivity index (χ3v) is 7.70. The third-order valence-electron chi connectivity index (χ3n) is 6.84. The predicted octanol–water partition coefficient (Wildman–Crippen LogP) is 3.50. The van der Waals surface area contributed by atoms with Gasteiger partial charge in [0.25, 0.3) is 5.56 Å². The second-order valence-electron chi connectivity index (χ2n) is 8.55. The molecule has 168 valence electrons. The zero-order chi connectivity index (χ0) is 22.5. The van der Waals surface area contributed by atoms with Crippen LogP contribution in [0.2, 0.25) is 10.0 Å². The molecule has 0 bridgehead atoms. The summed E-state index contributed by atoms with van der Waals surface area (Å²) in [5.41, 5.74) is 7.34. The van der Waals surface area contributed by atoms with E-state index in [1.165, 1.54) is 11.7 Å². The molecule has 9 heteroatoms. The van der Waals surface area contributed by atoms with E-state index in [1.54, 1.807) is 26.0 Å². The average Bonchev–Trinajstić information content (AvgIpc) is 3.03. The van der Waals surface area contributed by atoms with Gasteiger partial charge >= 0.3 is 0 Å². The molecule has 2 atom stereocenters. The number of aryl methyl sites for hydroxylation is 1. The van der Waals surface area contributed by atoms with Crippen LogP contribution in [0.5, 0.6) is 5.75 Å². The molecule has 2 aliphatic rings. The van der Waals surface area contributed by atoms with E-state index >= 15 is 0 Å². The van der Waals surface area contributed by atoms with Crippen LogP contribution in [0, 0.1) is 19.3 Å². The molecule has 2 aliphatic heterocycles. The molecule has 2 fully saturated rings. The van der Waals surface area contributed by atoms with Crippen LogP contribution in [0.15, 0.2) is 16.9 Å². The second kappa shape index (κ2) is 8.28. The Labute approximate surface area is 192 Å². The van der Waals surface area contributed by atoms with Crippen molar-refractivity contribution in [1.82, 2.24) is 9.55 Å². The number of rotatable bonds is 3. The number of piperidine rings is 1. The summed E-state index contributed by atoms with van der Waals surface area (Å²) in [5.74, 6) is 1.71. The second-order valence-corrected chi connectivity index (χ2v) is 9.31. The van der Waals surface area contributed by atoms with Gasteiger partial charge in [0.1, 0.15) is 22.4 Å². The van der Waals surface area contributed by atoms with Crippen LogP contribution in [-0.4, -0.2) is 48.5 Å². The number of hydrogen-bond acceptors (Lipinski definition) is 6. The van der Waals surface area contributed by atoms with Crippen LogP contribution >= 0.6 is 23.2 Å². The highest BCUT2D eigenvalue weighted by molar-refractivity contribution is 6.44. The van der Waals surface area contributed by atoms with E-state index < -0.39 is 0 Å². The first kappa shape index (κ1) is 22.4. The Bertz CT molecular complexity index is 1060. The number of anilines is 1. The number of ether oxygens (including phenoxy) is 2. The zero-order valence-corrected chi connectivity index (χ0v) is 19.8.